The van der Waals surface area contributed by atoms with Gasteiger partial charge in [-0.3, -0.25) is 0 Å². The zero-order valence-corrected chi connectivity index (χ0v) is 29.8. The van der Waals surface area contributed by atoms with E-state index in [0.29, 0.717) is 0 Å². The maximum Gasteiger partial charge on any atom is 0.143 e. The van der Waals surface area contributed by atoms with Crippen LogP contribution >= 0.6 is 0 Å². The van der Waals surface area contributed by atoms with Gasteiger partial charge in [0.1, 0.15) is 22.3 Å². The van der Waals surface area contributed by atoms with Crippen LogP contribution in [0.2, 0.25) is 0 Å². The molecule has 0 saturated carbocycles. The van der Waals surface area contributed by atoms with E-state index in [9.17, 15) is 0 Å². The fourth-order valence-corrected chi connectivity index (χ4v) is 8.29. The molecule has 55 heavy (non-hydrogen) atoms. The molecule has 0 atom stereocenters. The van der Waals surface area contributed by atoms with Crippen molar-refractivity contribution in [3.05, 3.63) is 200 Å². The molecule has 0 unspecified atom stereocenters. The minimum Gasteiger partial charge on any atom is -0.456 e. The number of hydrogen-bond acceptors (Lipinski definition) is 3. The Morgan fingerprint density at radius 3 is 1.65 bits per heavy atom. The molecule has 3 nitrogen and oxygen atoms in total. The number of hydrogen-bond donors (Lipinski definition) is 0. The Morgan fingerprint density at radius 2 is 0.873 bits per heavy atom. The summed E-state index contributed by atoms with van der Waals surface area (Å²) < 4.78 is 12.8. The van der Waals surface area contributed by atoms with Crippen molar-refractivity contribution in [2.45, 2.75) is 0 Å². The van der Waals surface area contributed by atoms with E-state index in [1.54, 1.807) is 0 Å². The van der Waals surface area contributed by atoms with E-state index in [1.165, 1.54) is 16.5 Å². The summed E-state index contributed by atoms with van der Waals surface area (Å²) in [5.74, 6) is 0. The molecule has 11 rings (SSSR count). The van der Waals surface area contributed by atoms with Crippen LogP contribution in [0.5, 0.6) is 0 Å². The number of rotatable bonds is 6. The van der Waals surface area contributed by atoms with Gasteiger partial charge in [-0.15, -0.1) is 0 Å². The number of benzene rings is 9. The van der Waals surface area contributed by atoms with Gasteiger partial charge in [0.25, 0.3) is 0 Å². The van der Waals surface area contributed by atoms with Gasteiger partial charge in [-0.25, -0.2) is 0 Å². The topological polar surface area (TPSA) is 29.5 Å². The number of para-hydroxylation sites is 1. The predicted octanol–water partition coefficient (Wildman–Crippen LogP) is 15.1. The van der Waals surface area contributed by atoms with Crippen molar-refractivity contribution in [2.75, 3.05) is 4.90 Å². The lowest BCUT2D eigenvalue weighted by molar-refractivity contribution is 0.669. The fourth-order valence-electron chi connectivity index (χ4n) is 8.29. The Kier molecular flexibility index (Phi) is 7.17. The molecule has 0 N–H and O–H groups in total. The van der Waals surface area contributed by atoms with E-state index >= 15 is 0 Å². The third-order valence-electron chi connectivity index (χ3n) is 10.9. The summed E-state index contributed by atoms with van der Waals surface area (Å²) >= 11 is 0. The Balaban J connectivity index is 1.05. The first-order chi connectivity index (χ1) is 27.3. The Hall–Kier alpha value is -7.36. The first-order valence-corrected chi connectivity index (χ1v) is 18.7. The van der Waals surface area contributed by atoms with Crippen molar-refractivity contribution in [3.8, 4) is 33.4 Å². The first kappa shape index (κ1) is 31.2. The van der Waals surface area contributed by atoms with E-state index in [0.717, 1.165) is 88.6 Å². The van der Waals surface area contributed by atoms with Crippen molar-refractivity contribution in [2.24, 2.45) is 0 Å². The van der Waals surface area contributed by atoms with Gasteiger partial charge in [0.2, 0.25) is 0 Å². The second-order valence-electron chi connectivity index (χ2n) is 14.1. The largest absolute Gasteiger partial charge is 0.456 e. The van der Waals surface area contributed by atoms with Crippen molar-refractivity contribution in [1.82, 2.24) is 0 Å². The summed E-state index contributed by atoms with van der Waals surface area (Å²) in [7, 11) is 0. The van der Waals surface area contributed by atoms with Crippen LogP contribution in [0.4, 0.5) is 17.1 Å². The van der Waals surface area contributed by atoms with E-state index in [2.05, 4.69) is 193 Å². The quantitative estimate of drug-likeness (QED) is 0.173. The van der Waals surface area contributed by atoms with Crippen molar-refractivity contribution in [1.29, 1.82) is 0 Å². The molecule has 0 aliphatic carbocycles. The van der Waals surface area contributed by atoms with Crippen molar-refractivity contribution < 1.29 is 8.83 Å². The molecule has 0 aliphatic heterocycles. The lowest BCUT2D eigenvalue weighted by Crippen LogP contribution is -2.10. The molecule has 0 fully saturated rings. The van der Waals surface area contributed by atoms with Gasteiger partial charge in [0, 0.05) is 44.0 Å². The Labute approximate surface area is 317 Å². The standard InChI is InChI=1S/C52H33NO2/c1-2-11-34(12-3-1)35-23-28-39(29-24-35)53(40-30-25-37(26-31-40)42-18-9-21-48-50(42)45-17-6-7-20-47(45)54-48)41-15-8-14-38(33-41)43-19-10-22-49-51(43)46-32-27-36-13-4-5-16-44(36)52(46)55-49/h1-33H. The highest BCUT2D eigenvalue weighted by molar-refractivity contribution is 6.19. The van der Waals surface area contributed by atoms with Gasteiger partial charge in [0.05, 0.1) is 0 Å². The highest BCUT2D eigenvalue weighted by Crippen LogP contribution is 2.43. The van der Waals surface area contributed by atoms with Crippen LogP contribution in [0.25, 0.3) is 88.0 Å². The number of furan rings is 2. The summed E-state index contributed by atoms with van der Waals surface area (Å²) in [6.45, 7) is 0. The zero-order valence-electron chi connectivity index (χ0n) is 29.8. The normalized spacial score (nSPS) is 11.6. The molecule has 9 aromatic carbocycles. The molecule has 0 saturated heterocycles. The minimum atomic E-state index is 0.888. The highest BCUT2D eigenvalue weighted by Gasteiger charge is 2.19. The van der Waals surface area contributed by atoms with Crippen LogP contribution in [0.15, 0.2) is 209 Å². The first-order valence-electron chi connectivity index (χ1n) is 18.7. The third kappa shape index (κ3) is 5.20. The van der Waals surface area contributed by atoms with Gasteiger partial charge < -0.3 is 13.7 Å². The van der Waals surface area contributed by atoms with Crippen LogP contribution in [0.3, 0.4) is 0 Å². The molecule has 0 amide bonds. The van der Waals surface area contributed by atoms with Crippen LogP contribution in [-0.2, 0) is 0 Å². The second-order valence-corrected chi connectivity index (χ2v) is 14.1. The van der Waals surface area contributed by atoms with Crippen LogP contribution in [-0.4, -0.2) is 0 Å². The van der Waals surface area contributed by atoms with E-state index in [4.69, 9.17) is 8.83 Å². The van der Waals surface area contributed by atoms with E-state index in [-0.39, 0.29) is 0 Å². The lowest BCUT2D eigenvalue weighted by atomic mass is 9.97. The van der Waals surface area contributed by atoms with Gasteiger partial charge >= 0.3 is 0 Å². The minimum absolute atomic E-state index is 0.888. The highest BCUT2D eigenvalue weighted by atomic mass is 16.3. The number of nitrogens with zero attached hydrogens (tertiary/aromatic N) is 1. The number of anilines is 3. The maximum absolute atomic E-state index is 6.57. The van der Waals surface area contributed by atoms with Crippen LogP contribution < -0.4 is 4.90 Å². The summed E-state index contributed by atoms with van der Waals surface area (Å²) in [4.78, 5) is 2.34. The van der Waals surface area contributed by atoms with E-state index in [1.807, 2.05) is 12.1 Å². The van der Waals surface area contributed by atoms with Crippen LogP contribution in [0, 0.1) is 0 Å². The summed E-state index contributed by atoms with van der Waals surface area (Å²) in [5.41, 5.74) is 13.8. The molecular formula is C52H33NO2. The maximum atomic E-state index is 6.57. The average molecular weight is 704 g/mol. The number of fused-ring (bicyclic) bond motifs is 8. The molecule has 0 aliphatic rings. The lowest BCUT2D eigenvalue weighted by Gasteiger charge is -2.26. The molecule has 0 radical (unpaired) electrons. The molecule has 258 valence electrons. The summed E-state index contributed by atoms with van der Waals surface area (Å²) in [6, 6.07) is 70.9. The molecule has 0 spiro atoms. The monoisotopic (exact) mass is 703 g/mol. The fraction of sp³-hybridized carbons (Fsp3) is 0. The smallest absolute Gasteiger partial charge is 0.143 e. The SMILES string of the molecule is c1ccc(-c2ccc(N(c3ccc(-c4cccc5oc6ccccc6c45)cc3)c3cccc(-c4cccc5oc6c7ccccc7ccc6c45)c3)cc2)cc1. The van der Waals surface area contributed by atoms with Gasteiger partial charge in [0.15, 0.2) is 0 Å². The zero-order chi connectivity index (χ0) is 36.3. The average Bonchev–Trinajstić information content (AvgIpc) is 3.84. The third-order valence-corrected chi connectivity index (χ3v) is 10.9. The van der Waals surface area contributed by atoms with Crippen molar-refractivity contribution >= 4 is 71.7 Å². The van der Waals surface area contributed by atoms with Crippen molar-refractivity contribution in [3.63, 3.8) is 0 Å². The molecule has 0 bridgehead atoms. The summed E-state index contributed by atoms with van der Waals surface area (Å²) in [5, 5.41) is 6.82. The Morgan fingerprint density at radius 1 is 0.309 bits per heavy atom. The van der Waals surface area contributed by atoms with Crippen LogP contribution in [0.1, 0.15) is 0 Å². The predicted molar refractivity (Wildman–Crippen MR) is 229 cm³/mol. The molecule has 3 heteroatoms. The van der Waals surface area contributed by atoms with E-state index < -0.39 is 0 Å². The molecular weight excluding hydrogens is 671 g/mol. The molecule has 11 aromatic rings. The molecule has 2 heterocycles. The van der Waals surface area contributed by atoms with Gasteiger partial charge in [-0.2, -0.15) is 0 Å². The summed E-state index contributed by atoms with van der Waals surface area (Å²) in [6.07, 6.45) is 0. The van der Waals surface area contributed by atoms with Gasteiger partial charge in [-0.1, -0.05) is 140 Å². The second kappa shape index (κ2) is 12.6. The van der Waals surface area contributed by atoms with Gasteiger partial charge in [-0.05, 0) is 99.4 Å². The Bertz CT molecular complexity index is 3190. The molecule has 2 aromatic heterocycles.